The zero-order chi connectivity index (χ0) is 14.2. The van der Waals surface area contributed by atoms with Crippen molar-refractivity contribution in [1.29, 1.82) is 0 Å². The molecule has 0 spiro atoms. The molecule has 1 aliphatic rings. The number of ether oxygens (including phenoxy) is 3. The van der Waals surface area contributed by atoms with Crippen molar-refractivity contribution >= 4 is 11.6 Å². The van der Waals surface area contributed by atoms with Gasteiger partial charge in [0.2, 0.25) is 5.91 Å². The van der Waals surface area contributed by atoms with Crippen LogP contribution in [0.15, 0.2) is 18.2 Å². The Hall–Kier alpha value is -1.79. The van der Waals surface area contributed by atoms with E-state index in [1.165, 1.54) is 0 Å². The number of carbonyl (C=O) groups excluding carboxylic acids is 1. The molecule has 0 fully saturated rings. The Morgan fingerprint density at radius 1 is 1.30 bits per heavy atom. The van der Waals surface area contributed by atoms with Crippen molar-refractivity contribution in [2.45, 2.75) is 6.92 Å². The van der Waals surface area contributed by atoms with E-state index in [-0.39, 0.29) is 12.5 Å². The van der Waals surface area contributed by atoms with Crippen LogP contribution in [0.25, 0.3) is 0 Å². The minimum Gasteiger partial charge on any atom is -0.486 e. The quantitative estimate of drug-likeness (QED) is 0.730. The molecule has 0 aliphatic carbocycles. The normalized spacial score (nSPS) is 13.1. The van der Waals surface area contributed by atoms with Crippen molar-refractivity contribution in [2.75, 3.05) is 44.8 Å². The van der Waals surface area contributed by atoms with Crippen LogP contribution in [0.1, 0.15) is 6.92 Å². The summed E-state index contributed by atoms with van der Waals surface area (Å²) in [5, 5.41) is 5.81. The highest BCUT2D eigenvalue weighted by Gasteiger charge is 2.12. The lowest BCUT2D eigenvalue weighted by Gasteiger charge is -2.19. The number of benzene rings is 1. The van der Waals surface area contributed by atoms with Crippen molar-refractivity contribution in [2.24, 2.45) is 0 Å². The van der Waals surface area contributed by atoms with Gasteiger partial charge in [0.1, 0.15) is 13.2 Å². The SMILES string of the molecule is CCOCCNCC(=O)Nc1ccc2c(c1)OCCO2. The van der Waals surface area contributed by atoms with Crippen LogP contribution in [-0.4, -0.2) is 45.4 Å². The molecule has 0 saturated carbocycles. The van der Waals surface area contributed by atoms with Crippen molar-refractivity contribution in [3.8, 4) is 11.5 Å². The monoisotopic (exact) mass is 280 g/mol. The summed E-state index contributed by atoms with van der Waals surface area (Å²) in [7, 11) is 0. The largest absolute Gasteiger partial charge is 0.486 e. The number of hydrogen-bond acceptors (Lipinski definition) is 5. The average Bonchev–Trinajstić information content (AvgIpc) is 2.47. The molecule has 2 N–H and O–H groups in total. The highest BCUT2D eigenvalue weighted by molar-refractivity contribution is 5.92. The molecule has 0 saturated heterocycles. The highest BCUT2D eigenvalue weighted by Crippen LogP contribution is 2.32. The molecule has 0 bridgehead atoms. The third-order valence-corrected chi connectivity index (χ3v) is 2.74. The molecule has 2 rings (SSSR count). The first-order valence-corrected chi connectivity index (χ1v) is 6.77. The standard InChI is InChI=1S/C14H20N2O4/c1-2-18-6-5-15-10-14(17)16-11-3-4-12-13(9-11)20-8-7-19-12/h3-4,9,15H,2,5-8,10H2,1H3,(H,16,17). The smallest absolute Gasteiger partial charge is 0.238 e. The molecule has 0 aromatic heterocycles. The lowest BCUT2D eigenvalue weighted by Crippen LogP contribution is -2.30. The second kappa shape index (κ2) is 7.72. The Morgan fingerprint density at radius 3 is 2.90 bits per heavy atom. The maximum Gasteiger partial charge on any atom is 0.238 e. The summed E-state index contributed by atoms with van der Waals surface area (Å²) in [4.78, 5) is 11.7. The van der Waals surface area contributed by atoms with Crippen LogP contribution in [0.4, 0.5) is 5.69 Å². The summed E-state index contributed by atoms with van der Waals surface area (Å²) in [6.07, 6.45) is 0. The third-order valence-electron chi connectivity index (χ3n) is 2.74. The highest BCUT2D eigenvalue weighted by atomic mass is 16.6. The summed E-state index contributed by atoms with van der Waals surface area (Å²) in [6.45, 7) is 5.23. The van der Waals surface area contributed by atoms with Gasteiger partial charge >= 0.3 is 0 Å². The van der Waals surface area contributed by atoms with Crippen LogP contribution in [0, 0.1) is 0 Å². The minimum absolute atomic E-state index is 0.0989. The van der Waals surface area contributed by atoms with Gasteiger partial charge in [0.15, 0.2) is 11.5 Å². The molecule has 1 heterocycles. The molecule has 1 aromatic carbocycles. The molecule has 20 heavy (non-hydrogen) atoms. The zero-order valence-corrected chi connectivity index (χ0v) is 11.6. The van der Waals surface area contributed by atoms with Gasteiger partial charge in [-0.25, -0.2) is 0 Å². The molecule has 1 aliphatic heterocycles. The zero-order valence-electron chi connectivity index (χ0n) is 11.6. The van der Waals surface area contributed by atoms with Gasteiger partial charge in [-0.15, -0.1) is 0 Å². The van der Waals surface area contributed by atoms with Gasteiger partial charge in [-0.1, -0.05) is 0 Å². The van der Waals surface area contributed by atoms with Crippen LogP contribution in [0.3, 0.4) is 0 Å². The van der Waals surface area contributed by atoms with Crippen LogP contribution >= 0.6 is 0 Å². The van der Waals surface area contributed by atoms with Crippen LogP contribution in [-0.2, 0) is 9.53 Å². The Labute approximate surface area is 118 Å². The number of fused-ring (bicyclic) bond motifs is 1. The second-order valence-electron chi connectivity index (χ2n) is 4.28. The van der Waals surface area contributed by atoms with Gasteiger partial charge in [-0.05, 0) is 19.1 Å². The van der Waals surface area contributed by atoms with E-state index < -0.39 is 0 Å². The van der Waals surface area contributed by atoms with E-state index in [9.17, 15) is 4.79 Å². The predicted molar refractivity (Wildman–Crippen MR) is 75.4 cm³/mol. The first kappa shape index (κ1) is 14.6. The molecule has 0 atom stereocenters. The van der Waals surface area contributed by atoms with Gasteiger partial charge < -0.3 is 24.8 Å². The first-order valence-electron chi connectivity index (χ1n) is 6.77. The van der Waals surface area contributed by atoms with Gasteiger partial charge in [0, 0.05) is 24.9 Å². The van der Waals surface area contributed by atoms with Gasteiger partial charge in [0.05, 0.1) is 13.2 Å². The number of nitrogens with one attached hydrogen (secondary N) is 2. The molecule has 0 unspecified atom stereocenters. The summed E-state index contributed by atoms with van der Waals surface area (Å²) >= 11 is 0. The summed E-state index contributed by atoms with van der Waals surface area (Å²) in [5.74, 6) is 1.28. The number of amides is 1. The maximum absolute atomic E-state index is 11.7. The number of anilines is 1. The minimum atomic E-state index is -0.0989. The molecule has 110 valence electrons. The lowest BCUT2D eigenvalue weighted by atomic mass is 10.2. The van der Waals surface area contributed by atoms with E-state index in [0.29, 0.717) is 50.2 Å². The van der Waals surface area contributed by atoms with Crippen molar-refractivity contribution in [3.63, 3.8) is 0 Å². The Kier molecular flexibility index (Phi) is 5.64. The number of rotatable bonds is 7. The molecule has 0 radical (unpaired) electrons. The topological polar surface area (TPSA) is 68.8 Å². The summed E-state index contributed by atoms with van der Waals surface area (Å²) < 4.78 is 16.1. The van der Waals surface area contributed by atoms with Crippen LogP contribution in [0.2, 0.25) is 0 Å². The Morgan fingerprint density at radius 2 is 2.10 bits per heavy atom. The molecular formula is C14H20N2O4. The number of carbonyl (C=O) groups is 1. The molecule has 6 nitrogen and oxygen atoms in total. The fraction of sp³-hybridized carbons (Fsp3) is 0.500. The maximum atomic E-state index is 11.7. The predicted octanol–water partition coefficient (Wildman–Crippen LogP) is 1.02. The fourth-order valence-corrected chi connectivity index (χ4v) is 1.82. The average molecular weight is 280 g/mol. The Bertz CT molecular complexity index is 451. The van der Waals surface area contributed by atoms with E-state index in [4.69, 9.17) is 14.2 Å². The van der Waals surface area contributed by atoms with E-state index in [0.717, 1.165) is 0 Å². The van der Waals surface area contributed by atoms with E-state index in [2.05, 4.69) is 10.6 Å². The fourth-order valence-electron chi connectivity index (χ4n) is 1.82. The molecule has 6 heteroatoms. The van der Waals surface area contributed by atoms with E-state index in [1.807, 2.05) is 6.92 Å². The van der Waals surface area contributed by atoms with Gasteiger partial charge in [-0.3, -0.25) is 4.79 Å². The summed E-state index contributed by atoms with van der Waals surface area (Å²) in [6, 6.07) is 5.37. The van der Waals surface area contributed by atoms with Gasteiger partial charge in [-0.2, -0.15) is 0 Å². The number of hydrogen-bond donors (Lipinski definition) is 2. The third kappa shape index (κ3) is 4.40. The van der Waals surface area contributed by atoms with E-state index >= 15 is 0 Å². The Balaban J connectivity index is 1.76. The second-order valence-corrected chi connectivity index (χ2v) is 4.28. The van der Waals surface area contributed by atoms with Crippen molar-refractivity contribution in [3.05, 3.63) is 18.2 Å². The van der Waals surface area contributed by atoms with Crippen molar-refractivity contribution < 1.29 is 19.0 Å². The van der Waals surface area contributed by atoms with Crippen molar-refractivity contribution in [1.82, 2.24) is 5.32 Å². The lowest BCUT2D eigenvalue weighted by molar-refractivity contribution is -0.115. The molecular weight excluding hydrogens is 260 g/mol. The summed E-state index contributed by atoms with van der Waals surface area (Å²) in [5.41, 5.74) is 0.700. The van der Waals surface area contributed by atoms with Gasteiger partial charge in [0.25, 0.3) is 0 Å². The van der Waals surface area contributed by atoms with Crippen LogP contribution < -0.4 is 20.1 Å². The first-order chi connectivity index (χ1) is 9.79. The molecule has 1 amide bonds. The molecule has 1 aromatic rings. The van der Waals surface area contributed by atoms with Crippen LogP contribution in [0.5, 0.6) is 11.5 Å². The van der Waals surface area contributed by atoms with E-state index in [1.54, 1.807) is 18.2 Å².